The molecule has 3 aromatic rings. The van der Waals surface area contributed by atoms with Gasteiger partial charge in [0.15, 0.2) is 36.1 Å². The summed E-state index contributed by atoms with van der Waals surface area (Å²) in [6, 6.07) is 0. The van der Waals surface area contributed by atoms with Crippen molar-refractivity contribution in [3.8, 4) is 11.1 Å². The average Bonchev–Trinajstić information content (AvgIpc) is 3.69. The van der Waals surface area contributed by atoms with Crippen LogP contribution in [-0.4, -0.2) is 72.7 Å². The van der Waals surface area contributed by atoms with Gasteiger partial charge in [-0.25, -0.2) is 9.67 Å². The van der Waals surface area contributed by atoms with Gasteiger partial charge in [0.1, 0.15) is 5.60 Å². The molecule has 2 aliphatic rings. The molecule has 14 heteroatoms. The van der Waals surface area contributed by atoms with Crippen LogP contribution in [0, 0.1) is 6.92 Å². The number of allylic oxidation sites excluding steroid dienone is 4. The molecule has 0 bridgehead atoms. The van der Waals surface area contributed by atoms with Gasteiger partial charge in [-0.05, 0) is 58.4 Å². The van der Waals surface area contributed by atoms with Crippen LogP contribution in [0.2, 0.25) is 0 Å². The molecule has 0 saturated heterocycles. The summed E-state index contributed by atoms with van der Waals surface area (Å²) in [5, 5.41) is 18.4. The minimum absolute atomic E-state index is 0.0668. The van der Waals surface area contributed by atoms with Crippen molar-refractivity contribution in [3.05, 3.63) is 48.1 Å². The zero-order valence-corrected chi connectivity index (χ0v) is 25.5. The van der Waals surface area contributed by atoms with Crippen molar-refractivity contribution >= 4 is 47.7 Å². The van der Waals surface area contributed by atoms with E-state index in [0.29, 0.717) is 54.7 Å². The van der Waals surface area contributed by atoms with Crippen molar-refractivity contribution in [1.82, 2.24) is 29.3 Å². The van der Waals surface area contributed by atoms with Gasteiger partial charge in [-0.2, -0.15) is 18.4 Å². The number of fused-ring (bicyclic) bond motifs is 1. The molecule has 2 aliphatic carbocycles. The number of anilines is 1. The van der Waals surface area contributed by atoms with Crippen LogP contribution in [-0.2, 0) is 9.53 Å². The zero-order valence-electron chi connectivity index (χ0n) is 23.9. The first-order chi connectivity index (χ1) is 20.4. The highest BCUT2D eigenvalue weighted by atomic mass is 32.3. The highest BCUT2D eigenvalue weighted by Gasteiger charge is 2.45. The minimum atomic E-state index is -1.03. The van der Waals surface area contributed by atoms with E-state index in [1.54, 1.807) is 35.9 Å². The Balaban J connectivity index is 1.54. The molecular formula is C28H35F2N7O3S2. The van der Waals surface area contributed by atoms with Gasteiger partial charge >= 0.3 is 0 Å². The maximum absolute atomic E-state index is 14.0. The van der Waals surface area contributed by atoms with E-state index < -0.39 is 5.60 Å². The van der Waals surface area contributed by atoms with E-state index >= 15 is 0 Å². The Kier molecular flexibility index (Phi) is 9.55. The summed E-state index contributed by atoms with van der Waals surface area (Å²) in [7, 11) is 1.74. The molecule has 1 fully saturated rings. The third-order valence-corrected chi connectivity index (χ3v) is 9.12. The number of carbonyl (C=O) groups is 1. The molecule has 5 rings (SSSR count). The van der Waals surface area contributed by atoms with E-state index in [4.69, 9.17) is 9.72 Å². The van der Waals surface area contributed by atoms with Crippen LogP contribution in [0.1, 0.15) is 62.6 Å². The standard InChI is InChI=1S/C28H35F2N7O3S2/c1-4-34(3)27(39)28(40-15-14-38)12-10-20(11-13-28)24-19(2)26(37(41-29)42-30)36-25(33-24)23(17-32-36)21-16-31-35(18-21)22-8-6-5-7-9-22/h6,8-9,16-18,20,38H,4-5,7,10-15H2,1-3H3. The number of hydrogen-bond donors (Lipinski definition) is 1. The first-order valence-corrected chi connectivity index (χ1v) is 15.4. The van der Waals surface area contributed by atoms with Gasteiger partial charge in [0.2, 0.25) is 0 Å². The van der Waals surface area contributed by atoms with Crippen LogP contribution in [0.15, 0.2) is 36.8 Å². The SMILES string of the molecule is CCN(C)C(=O)C1(OCCO)CCC(c2nc3c(-c4cnn(C5=CCCC=C5)c4)cnn3c(N(SF)SF)c2C)CC1. The number of rotatable bonds is 11. The zero-order chi connectivity index (χ0) is 29.9. The molecule has 10 nitrogen and oxygen atoms in total. The maximum Gasteiger partial charge on any atom is 0.254 e. The van der Waals surface area contributed by atoms with E-state index in [1.807, 2.05) is 19.2 Å². The molecule has 0 atom stereocenters. The largest absolute Gasteiger partial charge is 0.394 e. The fourth-order valence-electron chi connectivity index (χ4n) is 5.85. The van der Waals surface area contributed by atoms with Gasteiger partial charge in [0, 0.05) is 42.4 Å². The van der Waals surface area contributed by atoms with Crippen molar-refractivity contribution in [1.29, 1.82) is 0 Å². The Morgan fingerprint density at radius 1 is 1.21 bits per heavy atom. The molecule has 226 valence electrons. The van der Waals surface area contributed by atoms with Crippen LogP contribution in [0.25, 0.3) is 22.5 Å². The fraction of sp³-hybridized carbons (Fsp3) is 0.500. The first kappa shape index (κ1) is 30.5. The second kappa shape index (κ2) is 13.1. The summed E-state index contributed by atoms with van der Waals surface area (Å²) < 4.78 is 38.1. The van der Waals surface area contributed by atoms with Crippen LogP contribution in [0.3, 0.4) is 0 Å². The van der Waals surface area contributed by atoms with Crippen molar-refractivity contribution in [2.75, 3.05) is 30.5 Å². The van der Waals surface area contributed by atoms with Crippen molar-refractivity contribution in [2.45, 2.75) is 63.9 Å². The lowest BCUT2D eigenvalue weighted by Gasteiger charge is -2.40. The molecule has 1 N–H and O–H groups in total. The normalized spacial score (nSPS) is 20.6. The van der Waals surface area contributed by atoms with Gasteiger partial charge in [0.25, 0.3) is 5.91 Å². The number of nitrogens with zero attached hydrogens (tertiary/aromatic N) is 7. The maximum atomic E-state index is 14.0. The quantitative estimate of drug-likeness (QED) is 0.265. The van der Waals surface area contributed by atoms with Crippen LogP contribution in [0.5, 0.6) is 0 Å². The molecular weight excluding hydrogens is 584 g/mol. The van der Waals surface area contributed by atoms with E-state index in [-0.39, 0.29) is 55.5 Å². The second-order valence-corrected chi connectivity index (χ2v) is 11.8. The number of aliphatic hydroxyl groups is 1. The number of halogens is 2. The number of carbonyl (C=O) groups excluding carboxylic acids is 1. The summed E-state index contributed by atoms with van der Waals surface area (Å²) in [5.74, 6) is 0.0460. The Labute approximate surface area is 252 Å². The summed E-state index contributed by atoms with van der Waals surface area (Å²) in [5.41, 5.74) is 3.17. The Bertz CT molecular complexity index is 1480. The summed E-state index contributed by atoms with van der Waals surface area (Å²) in [4.78, 5) is 20.0. The van der Waals surface area contributed by atoms with E-state index in [2.05, 4.69) is 22.3 Å². The van der Waals surface area contributed by atoms with Gasteiger partial charge in [-0.15, -0.1) is 7.77 Å². The summed E-state index contributed by atoms with van der Waals surface area (Å²) in [6.07, 6.45) is 15.5. The van der Waals surface area contributed by atoms with Gasteiger partial charge in [0.05, 0.1) is 37.0 Å². The lowest BCUT2D eigenvalue weighted by atomic mass is 9.75. The number of ether oxygens (including phenoxy) is 1. The van der Waals surface area contributed by atoms with Crippen LogP contribution < -0.4 is 3.71 Å². The van der Waals surface area contributed by atoms with E-state index in [9.17, 15) is 17.7 Å². The van der Waals surface area contributed by atoms with Gasteiger partial charge < -0.3 is 14.7 Å². The summed E-state index contributed by atoms with van der Waals surface area (Å²) in [6.45, 7) is 4.12. The number of likely N-dealkylation sites (N-methyl/N-ethyl adjacent to an activating group) is 1. The first-order valence-electron chi connectivity index (χ1n) is 14.1. The highest BCUT2D eigenvalue weighted by Crippen LogP contribution is 2.45. The van der Waals surface area contributed by atoms with Crippen molar-refractivity contribution < 1.29 is 22.4 Å². The molecule has 0 radical (unpaired) electrons. The summed E-state index contributed by atoms with van der Waals surface area (Å²) >= 11 is -0.478. The monoisotopic (exact) mass is 619 g/mol. The molecule has 0 aromatic carbocycles. The number of amides is 1. The lowest BCUT2D eigenvalue weighted by molar-refractivity contribution is -0.164. The number of hydrogen-bond acceptors (Lipinski definition) is 9. The molecule has 1 saturated carbocycles. The molecule has 0 spiro atoms. The Morgan fingerprint density at radius 3 is 2.62 bits per heavy atom. The average molecular weight is 620 g/mol. The predicted molar refractivity (Wildman–Crippen MR) is 162 cm³/mol. The highest BCUT2D eigenvalue weighted by molar-refractivity contribution is 8.13. The molecule has 0 unspecified atom stereocenters. The van der Waals surface area contributed by atoms with Crippen molar-refractivity contribution in [3.63, 3.8) is 0 Å². The number of aliphatic hydroxyl groups excluding tert-OH is 1. The Morgan fingerprint density at radius 2 is 1.98 bits per heavy atom. The third-order valence-electron chi connectivity index (χ3n) is 8.18. The topological polar surface area (TPSA) is 101 Å². The van der Waals surface area contributed by atoms with Crippen LogP contribution in [0.4, 0.5) is 13.6 Å². The van der Waals surface area contributed by atoms with Crippen LogP contribution >= 0.6 is 24.7 Å². The third kappa shape index (κ3) is 5.69. The van der Waals surface area contributed by atoms with Gasteiger partial charge in [-0.1, -0.05) is 12.2 Å². The Hall–Kier alpha value is -2.94. The molecule has 3 aromatic heterocycles. The molecule has 1 amide bonds. The molecule has 42 heavy (non-hydrogen) atoms. The van der Waals surface area contributed by atoms with Crippen molar-refractivity contribution in [2.24, 2.45) is 0 Å². The number of aromatic nitrogens is 5. The predicted octanol–water partition coefficient (Wildman–Crippen LogP) is 5.85. The van der Waals surface area contributed by atoms with E-state index in [0.717, 1.165) is 27.8 Å². The van der Waals surface area contributed by atoms with E-state index in [1.165, 1.54) is 4.52 Å². The smallest absolute Gasteiger partial charge is 0.254 e. The van der Waals surface area contributed by atoms with Gasteiger partial charge in [-0.3, -0.25) is 4.79 Å². The lowest BCUT2D eigenvalue weighted by Crippen LogP contribution is -2.51. The second-order valence-electron chi connectivity index (χ2n) is 10.6. The minimum Gasteiger partial charge on any atom is -0.394 e. The molecule has 3 heterocycles. The molecule has 0 aliphatic heterocycles. The fourth-order valence-corrected chi connectivity index (χ4v) is 6.49.